The van der Waals surface area contributed by atoms with E-state index < -0.39 is 0 Å². The van der Waals surface area contributed by atoms with Crippen molar-refractivity contribution in [1.29, 1.82) is 5.41 Å². The van der Waals surface area contributed by atoms with Crippen molar-refractivity contribution in [2.45, 2.75) is 46.1 Å². The van der Waals surface area contributed by atoms with Crippen molar-refractivity contribution in [3.63, 3.8) is 0 Å². The summed E-state index contributed by atoms with van der Waals surface area (Å²) in [7, 11) is 0. The maximum Gasteiger partial charge on any atom is 0.126 e. The molecule has 2 aromatic rings. The third-order valence-electron chi connectivity index (χ3n) is 4.31. The number of pyridine rings is 1. The van der Waals surface area contributed by atoms with E-state index in [1.807, 2.05) is 35.2 Å². The maximum absolute atomic E-state index is 7.73. The van der Waals surface area contributed by atoms with E-state index in [1.54, 1.807) is 6.92 Å². The molecule has 0 amide bonds. The molecule has 0 aromatic carbocycles. The first-order valence-corrected chi connectivity index (χ1v) is 9.02. The molecule has 0 bridgehead atoms. The fourth-order valence-electron chi connectivity index (χ4n) is 2.65. The fourth-order valence-corrected chi connectivity index (χ4v) is 2.65. The molecular weight excluding hydrogens is 322 g/mol. The number of aromatic nitrogens is 3. The third-order valence-corrected chi connectivity index (χ3v) is 4.31. The van der Waals surface area contributed by atoms with Crippen LogP contribution in [0.15, 0.2) is 49.5 Å². The molecule has 0 saturated carbocycles. The fraction of sp³-hybridized carbons (Fsp3) is 0.381. The van der Waals surface area contributed by atoms with Gasteiger partial charge in [-0.15, -0.1) is 6.58 Å². The monoisotopic (exact) mass is 351 g/mol. The molecule has 0 spiro atoms. The highest BCUT2D eigenvalue weighted by molar-refractivity contribution is 5.94. The molecule has 2 rings (SSSR count). The number of imidazole rings is 1. The summed E-state index contributed by atoms with van der Waals surface area (Å²) in [5.41, 5.74) is 2.24. The topological polar surface area (TPSA) is 66.6 Å². The van der Waals surface area contributed by atoms with Crippen molar-refractivity contribution in [3.8, 4) is 0 Å². The second-order valence-corrected chi connectivity index (χ2v) is 6.90. The molecule has 2 atom stereocenters. The van der Waals surface area contributed by atoms with Crippen LogP contribution in [0.3, 0.4) is 0 Å². The standard InChI is InChI=1S/C21H29N5/c1-6-8-18(11-12-26-13-20(15(2)3)23-14-26)17(5)24-21-10-7-9-19(25-21)16(4)22/h6-7,9-15,17-18,22H,1,8H2,2-5H3,(H,24,25)/b12-11+,22-16?. The van der Waals surface area contributed by atoms with Crippen LogP contribution in [0.2, 0.25) is 0 Å². The molecule has 0 aliphatic carbocycles. The molecule has 5 heteroatoms. The minimum atomic E-state index is 0.172. The Morgan fingerprint density at radius 3 is 2.73 bits per heavy atom. The van der Waals surface area contributed by atoms with Gasteiger partial charge in [0, 0.05) is 24.4 Å². The van der Waals surface area contributed by atoms with Gasteiger partial charge < -0.3 is 15.3 Å². The van der Waals surface area contributed by atoms with E-state index in [2.05, 4.69) is 61.1 Å². The number of hydrogen-bond acceptors (Lipinski definition) is 4. The molecule has 0 radical (unpaired) electrons. The summed E-state index contributed by atoms with van der Waals surface area (Å²) in [6.07, 6.45) is 10.9. The van der Waals surface area contributed by atoms with E-state index in [0.29, 0.717) is 17.3 Å². The Morgan fingerprint density at radius 1 is 1.35 bits per heavy atom. The Hall–Kier alpha value is -2.69. The molecule has 2 N–H and O–H groups in total. The van der Waals surface area contributed by atoms with Crippen molar-refractivity contribution in [3.05, 3.63) is 60.8 Å². The molecular formula is C21H29N5. The number of nitrogens with one attached hydrogen (secondary N) is 2. The number of allylic oxidation sites excluding steroid dienone is 1. The molecule has 2 unspecified atom stereocenters. The highest BCUT2D eigenvalue weighted by atomic mass is 15.0. The van der Waals surface area contributed by atoms with Crippen LogP contribution in [-0.4, -0.2) is 26.3 Å². The molecule has 2 aromatic heterocycles. The van der Waals surface area contributed by atoms with Gasteiger partial charge in [-0.05, 0) is 38.3 Å². The van der Waals surface area contributed by atoms with Gasteiger partial charge in [0.15, 0.2) is 0 Å². The van der Waals surface area contributed by atoms with E-state index in [4.69, 9.17) is 5.41 Å². The lowest BCUT2D eigenvalue weighted by molar-refractivity contribution is 0.572. The van der Waals surface area contributed by atoms with E-state index in [9.17, 15) is 0 Å². The van der Waals surface area contributed by atoms with Crippen LogP contribution in [0.4, 0.5) is 5.82 Å². The lowest BCUT2D eigenvalue weighted by atomic mass is 9.97. The predicted octanol–water partition coefficient (Wildman–Crippen LogP) is 4.95. The molecule has 5 nitrogen and oxygen atoms in total. The highest BCUT2D eigenvalue weighted by Crippen LogP contribution is 2.18. The average Bonchev–Trinajstić information content (AvgIpc) is 3.08. The summed E-state index contributed by atoms with van der Waals surface area (Å²) in [6, 6.07) is 5.88. The first-order chi connectivity index (χ1) is 12.4. The molecule has 0 saturated heterocycles. The van der Waals surface area contributed by atoms with Crippen LogP contribution in [0.25, 0.3) is 6.20 Å². The van der Waals surface area contributed by atoms with Gasteiger partial charge >= 0.3 is 0 Å². The van der Waals surface area contributed by atoms with E-state index in [0.717, 1.165) is 17.9 Å². The quantitative estimate of drug-likeness (QED) is 0.496. The van der Waals surface area contributed by atoms with Gasteiger partial charge in [-0.1, -0.05) is 32.1 Å². The Balaban J connectivity index is 2.09. The van der Waals surface area contributed by atoms with Crippen LogP contribution in [0.1, 0.15) is 51.4 Å². The average molecular weight is 351 g/mol. The molecule has 138 valence electrons. The third kappa shape index (κ3) is 5.41. The minimum absolute atomic E-state index is 0.172. The largest absolute Gasteiger partial charge is 0.367 e. The van der Waals surface area contributed by atoms with Gasteiger partial charge in [0.25, 0.3) is 0 Å². The Morgan fingerprint density at radius 2 is 2.12 bits per heavy atom. The zero-order valence-electron chi connectivity index (χ0n) is 16.1. The van der Waals surface area contributed by atoms with Gasteiger partial charge in [-0.2, -0.15) is 0 Å². The minimum Gasteiger partial charge on any atom is -0.367 e. The number of hydrogen-bond donors (Lipinski definition) is 2. The molecule has 0 aliphatic rings. The highest BCUT2D eigenvalue weighted by Gasteiger charge is 2.14. The second-order valence-electron chi connectivity index (χ2n) is 6.90. The Kier molecular flexibility index (Phi) is 6.89. The summed E-state index contributed by atoms with van der Waals surface area (Å²) >= 11 is 0. The molecule has 0 fully saturated rings. The lowest BCUT2D eigenvalue weighted by Gasteiger charge is -2.22. The van der Waals surface area contributed by atoms with Gasteiger partial charge in [-0.3, -0.25) is 0 Å². The Bertz CT molecular complexity index is 772. The zero-order valence-corrected chi connectivity index (χ0v) is 16.1. The van der Waals surface area contributed by atoms with Crippen LogP contribution in [0.5, 0.6) is 0 Å². The molecule has 0 aliphatic heterocycles. The zero-order chi connectivity index (χ0) is 19.1. The maximum atomic E-state index is 7.73. The van der Waals surface area contributed by atoms with Gasteiger partial charge in [0.2, 0.25) is 0 Å². The van der Waals surface area contributed by atoms with Crippen molar-refractivity contribution in [2.24, 2.45) is 5.92 Å². The first-order valence-electron chi connectivity index (χ1n) is 9.02. The van der Waals surface area contributed by atoms with Gasteiger partial charge in [0.1, 0.15) is 5.82 Å². The molecule has 2 heterocycles. The summed E-state index contributed by atoms with van der Waals surface area (Å²) < 4.78 is 2.00. The number of anilines is 1. The van der Waals surface area contributed by atoms with E-state index >= 15 is 0 Å². The van der Waals surface area contributed by atoms with Gasteiger partial charge in [0.05, 0.1) is 23.4 Å². The van der Waals surface area contributed by atoms with Crippen LogP contribution in [0, 0.1) is 11.3 Å². The van der Waals surface area contributed by atoms with Gasteiger partial charge in [-0.25, -0.2) is 9.97 Å². The van der Waals surface area contributed by atoms with Crippen LogP contribution in [-0.2, 0) is 0 Å². The predicted molar refractivity (Wildman–Crippen MR) is 110 cm³/mol. The van der Waals surface area contributed by atoms with Crippen molar-refractivity contribution in [1.82, 2.24) is 14.5 Å². The Labute approximate surface area is 156 Å². The smallest absolute Gasteiger partial charge is 0.126 e. The molecule has 26 heavy (non-hydrogen) atoms. The number of nitrogens with zero attached hydrogens (tertiary/aromatic N) is 3. The van der Waals surface area contributed by atoms with Crippen LogP contribution < -0.4 is 5.32 Å². The SMILES string of the molecule is C=CCC(/C=C/n1cnc(C(C)C)c1)C(C)Nc1cccc(C(C)=N)n1. The number of rotatable bonds is 9. The van der Waals surface area contributed by atoms with Crippen molar-refractivity contribution >= 4 is 17.7 Å². The van der Waals surface area contributed by atoms with E-state index in [-0.39, 0.29) is 12.0 Å². The summed E-state index contributed by atoms with van der Waals surface area (Å²) in [5.74, 6) is 1.47. The second kappa shape index (κ2) is 9.13. The van der Waals surface area contributed by atoms with E-state index in [1.165, 1.54) is 0 Å². The van der Waals surface area contributed by atoms with Crippen molar-refractivity contribution in [2.75, 3.05) is 5.32 Å². The summed E-state index contributed by atoms with van der Waals surface area (Å²) in [6.45, 7) is 12.0. The van der Waals surface area contributed by atoms with Crippen LogP contribution >= 0.6 is 0 Å². The summed E-state index contributed by atoms with van der Waals surface area (Å²) in [4.78, 5) is 8.92. The summed E-state index contributed by atoms with van der Waals surface area (Å²) in [5, 5.41) is 11.2. The lowest BCUT2D eigenvalue weighted by Crippen LogP contribution is -2.25. The first kappa shape index (κ1) is 19.6. The normalized spacial score (nSPS) is 13.7. The van der Waals surface area contributed by atoms with Crippen molar-refractivity contribution < 1.29 is 0 Å².